The van der Waals surface area contributed by atoms with Gasteiger partial charge in [-0.2, -0.15) is 0 Å². The molecule has 0 aromatic carbocycles. The molecule has 164 valence electrons. The van der Waals surface area contributed by atoms with Gasteiger partial charge in [-0.05, 0) is 43.2 Å². The molecular formula is C24H31N5O2. The van der Waals surface area contributed by atoms with Gasteiger partial charge in [-0.15, -0.1) is 0 Å². The number of carbonyl (C=O) groups is 2. The number of hydrogen-bond acceptors (Lipinski definition) is 6. The number of carbonyl (C=O) groups excluding carboxylic acids is 2. The monoisotopic (exact) mass is 421 g/mol. The first-order chi connectivity index (χ1) is 15.1. The van der Waals surface area contributed by atoms with Crippen molar-refractivity contribution >= 4 is 17.8 Å². The number of hydrogen-bond donors (Lipinski definition) is 0. The molecule has 0 saturated carbocycles. The number of fused-ring (bicyclic) bond motifs is 1. The summed E-state index contributed by atoms with van der Waals surface area (Å²) in [6.45, 7) is 7.58. The smallest absolute Gasteiger partial charge is 0.236 e. The molecule has 5 rings (SSSR count). The van der Waals surface area contributed by atoms with Gasteiger partial charge < -0.3 is 4.90 Å². The van der Waals surface area contributed by atoms with Gasteiger partial charge in [-0.25, -0.2) is 9.97 Å². The second-order valence-electron chi connectivity index (χ2n) is 9.25. The van der Waals surface area contributed by atoms with Crippen LogP contribution in [0.3, 0.4) is 0 Å². The molecule has 2 aliphatic carbocycles. The molecule has 1 aromatic heterocycles. The number of anilines is 1. The highest BCUT2D eigenvalue weighted by Gasteiger charge is 2.53. The summed E-state index contributed by atoms with van der Waals surface area (Å²) in [5.74, 6) is 1.57. The molecular weight excluding hydrogens is 390 g/mol. The fraction of sp³-hybridized carbons (Fsp3) is 0.583. The molecule has 31 heavy (non-hydrogen) atoms. The third-order valence-corrected chi connectivity index (χ3v) is 7.45. The van der Waals surface area contributed by atoms with Gasteiger partial charge in [0.2, 0.25) is 17.8 Å². The molecule has 4 aliphatic rings. The third-order valence-electron chi connectivity index (χ3n) is 7.45. The first-order valence-corrected chi connectivity index (χ1v) is 11.6. The number of imide groups is 1. The van der Waals surface area contributed by atoms with Crippen LogP contribution in [0.4, 0.5) is 5.95 Å². The van der Waals surface area contributed by atoms with E-state index in [-0.39, 0.29) is 29.6 Å². The van der Waals surface area contributed by atoms with Crippen molar-refractivity contribution in [2.24, 2.45) is 29.6 Å². The van der Waals surface area contributed by atoms with Crippen molar-refractivity contribution in [3.63, 3.8) is 0 Å². The van der Waals surface area contributed by atoms with E-state index >= 15 is 0 Å². The molecule has 5 atom stereocenters. The van der Waals surface area contributed by atoms with Crippen LogP contribution < -0.4 is 4.90 Å². The van der Waals surface area contributed by atoms with Gasteiger partial charge in [-0.3, -0.25) is 19.4 Å². The van der Waals surface area contributed by atoms with Crippen LogP contribution in [0.25, 0.3) is 0 Å². The number of nitrogens with zero attached hydrogens (tertiary/aromatic N) is 5. The zero-order valence-corrected chi connectivity index (χ0v) is 18.1. The Morgan fingerprint density at radius 1 is 0.871 bits per heavy atom. The minimum Gasteiger partial charge on any atom is -0.338 e. The van der Waals surface area contributed by atoms with E-state index in [0.29, 0.717) is 18.4 Å². The molecule has 0 N–H and O–H groups in total. The van der Waals surface area contributed by atoms with Crippen LogP contribution in [0.15, 0.2) is 42.8 Å². The van der Waals surface area contributed by atoms with E-state index in [0.717, 1.165) is 51.5 Å². The summed E-state index contributed by atoms with van der Waals surface area (Å²) in [6.07, 6.45) is 13.9. The van der Waals surface area contributed by atoms with Crippen LogP contribution in [0.5, 0.6) is 0 Å². The summed E-state index contributed by atoms with van der Waals surface area (Å²) in [6, 6.07) is 1.84. The van der Waals surface area contributed by atoms with E-state index in [1.807, 2.05) is 12.1 Å². The fourth-order valence-corrected chi connectivity index (χ4v) is 5.51. The Morgan fingerprint density at radius 3 is 2.26 bits per heavy atom. The summed E-state index contributed by atoms with van der Waals surface area (Å²) < 4.78 is 0. The van der Waals surface area contributed by atoms with Crippen molar-refractivity contribution in [2.75, 3.05) is 44.2 Å². The Hall–Kier alpha value is -2.54. The molecule has 2 amide bonds. The predicted octanol–water partition coefficient (Wildman–Crippen LogP) is 1.99. The van der Waals surface area contributed by atoms with E-state index in [2.05, 4.69) is 44.9 Å². The van der Waals surface area contributed by atoms with Crippen molar-refractivity contribution in [1.29, 1.82) is 0 Å². The largest absolute Gasteiger partial charge is 0.338 e. The normalized spacial score (nSPS) is 32.6. The Morgan fingerprint density at radius 2 is 1.58 bits per heavy atom. The van der Waals surface area contributed by atoms with E-state index in [1.54, 1.807) is 17.3 Å². The molecule has 1 aromatic rings. The van der Waals surface area contributed by atoms with Gasteiger partial charge >= 0.3 is 0 Å². The van der Waals surface area contributed by atoms with Crippen molar-refractivity contribution in [3.8, 4) is 0 Å². The molecule has 2 saturated heterocycles. The number of piperazine rings is 1. The summed E-state index contributed by atoms with van der Waals surface area (Å²) in [4.78, 5) is 40.7. The van der Waals surface area contributed by atoms with E-state index in [1.165, 1.54) is 0 Å². The van der Waals surface area contributed by atoms with Crippen LogP contribution >= 0.6 is 0 Å². The highest BCUT2D eigenvalue weighted by molar-refractivity contribution is 6.06. The summed E-state index contributed by atoms with van der Waals surface area (Å²) in [5, 5.41) is 0. The van der Waals surface area contributed by atoms with E-state index < -0.39 is 0 Å². The van der Waals surface area contributed by atoms with Gasteiger partial charge in [0.1, 0.15) is 0 Å². The zero-order chi connectivity index (χ0) is 21.4. The maximum atomic E-state index is 13.0. The lowest BCUT2D eigenvalue weighted by Gasteiger charge is -2.34. The summed E-state index contributed by atoms with van der Waals surface area (Å²) >= 11 is 0. The lowest BCUT2D eigenvalue weighted by molar-refractivity contribution is -0.140. The number of allylic oxidation sites excluding steroid dienone is 3. The molecule has 3 heterocycles. The van der Waals surface area contributed by atoms with Crippen LogP contribution in [-0.4, -0.2) is 70.9 Å². The van der Waals surface area contributed by atoms with Crippen LogP contribution in [0, 0.1) is 29.6 Å². The molecule has 2 fully saturated rings. The van der Waals surface area contributed by atoms with Gasteiger partial charge in [-0.1, -0.05) is 31.2 Å². The first-order valence-electron chi connectivity index (χ1n) is 11.6. The highest BCUT2D eigenvalue weighted by Crippen LogP contribution is 2.47. The molecule has 0 spiro atoms. The number of likely N-dealkylation sites (tertiary alicyclic amines) is 1. The summed E-state index contributed by atoms with van der Waals surface area (Å²) in [5.41, 5.74) is 0. The average molecular weight is 422 g/mol. The second-order valence-corrected chi connectivity index (χ2v) is 9.25. The fourth-order valence-electron chi connectivity index (χ4n) is 5.51. The van der Waals surface area contributed by atoms with Gasteiger partial charge in [0.25, 0.3) is 0 Å². The van der Waals surface area contributed by atoms with E-state index in [4.69, 9.17) is 0 Å². The molecule has 7 nitrogen and oxygen atoms in total. The third kappa shape index (κ3) is 3.80. The Balaban J connectivity index is 1.06. The average Bonchev–Trinajstić information content (AvgIpc) is 3.31. The molecule has 0 radical (unpaired) electrons. The standard InChI is InChI=1S/C24H31N5O2/c1-17-5-6-18(17)19-7-8-20-21(19)23(31)29(22(20)30)12-3-2-11-27-13-15-28(16-14-27)24-25-9-4-10-26-24/h4-10,17-21H,2-3,11-16H2,1H3/t17-,18+,19?,20-,21+/m1/s1. The summed E-state index contributed by atoms with van der Waals surface area (Å²) in [7, 11) is 0. The van der Waals surface area contributed by atoms with Gasteiger partial charge in [0.15, 0.2) is 0 Å². The number of amides is 2. The van der Waals surface area contributed by atoms with Gasteiger partial charge in [0, 0.05) is 45.1 Å². The number of unbranched alkanes of at least 4 members (excludes halogenated alkanes) is 1. The van der Waals surface area contributed by atoms with Crippen molar-refractivity contribution in [2.45, 2.75) is 19.8 Å². The molecule has 2 aliphatic heterocycles. The minimum absolute atomic E-state index is 0.0150. The Bertz CT molecular complexity index is 877. The van der Waals surface area contributed by atoms with Crippen molar-refractivity contribution < 1.29 is 9.59 Å². The molecule has 7 heteroatoms. The topological polar surface area (TPSA) is 69.6 Å². The second kappa shape index (κ2) is 8.54. The first kappa shape index (κ1) is 20.4. The molecule has 1 unspecified atom stereocenters. The van der Waals surface area contributed by atoms with Crippen molar-refractivity contribution in [3.05, 3.63) is 42.8 Å². The lowest BCUT2D eigenvalue weighted by atomic mass is 9.70. The van der Waals surface area contributed by atoms with Crippen LogP contribution in [0.1, 0.15) is 19.8 Å². The Kier molecular flexibility index (Phi) is 5.61. The number of aromatic nitrogens is 2. The minimum atomic E-state index is -0.230. The Labute approximate surface area is 183 Å². The van der Waals surface area contributed by atoms with E-state index in [9.17, 15) is 9.59 Å². The maximum Gasteiger partial charge on any atom is 0.236 e. The lowest BCUT2D eigenvalue weighted by Crippen LogP contribution is -2.47. The quantitative estimate of drug-likeness (QED) is 0.381. The zero-order valence-electron chi connectivity index (χ0n) is 18.1. The van der Waals surface area contributed by atoms with Crippen LogP contribution in [0.2, 0.25) is 0 Å². The predicted molar refractivity (Wildman–Crippen MR) is 118 cm³/mol. The number of rotatable bonds is 7. The SMILES string of the molecule is C[C@@H]1C=C[C@@H]1C1C=C[C@H]2C(=O)N(CCCCN3CCN(c4ncccn4)CC3)C(=O)[C@@H]12. The van der Waals surface area contributed by atoms with Gasteiger partial charge in [0.05, 0.1) is 11.8 Å². The van der Waals surface area contributed by atoms with Crippen molar-refractivity contribution in [1.82, 2.24) is 19.8 Å². The highest BCUT2D eigenvalue weighted by atomic mass is 16.2. The maximum absolute atomic E-state index is 13.0. The van der Waals surface area contributed by atoms with Crippen LogP contribution in [-0.2, 0) is 9.59 Å². The molecule has 0 bridgehead atoms.